The molecule has 4 heterocycles. The summed E-state index contributed by atoms with van der Waals surface area (Å²) >= 11 is 0. The van der Waals surface area contributed by atoms with Crippen molar-refractivity contribution in [2.45, 2.75) is 60.3 Å². The van der Waals surface area contributed by atoms with Gasteiger partial charge in [-0.25, -0.2) is 19.9 Å². The molecule has 0 atom stereocenters. The average Bonchev–Trinajstić information content (AvgIpc) is 3.03. The molecular weight excluding hydrogens is 787 g/mol. The van der Waals surface area contributed by atoms with E-state index in [0.717, 1.165) is 59.8 Å². The monoisotopic (exact) mass is 817 g/mol. The smallest absolute Gasteiger partial charge is 0.356 e. The van der Waals surface area contributed by atoms with Crippen molar-refractivity contribution in [2.75, 3.05) is 0 Å². The van der Waals surface area contributed by atoms with Gasteiger partial charge in [0.25, 0.3) is 0 Å². The van der Waals surface area contributed by atoms with E-state index in [2.05, 4.69) is 58.1 Å². The SMILES string of the molecule is CC#N.CCc1nnc(-c2cccc(-c3cccc(-c4nnc(CC)c(CC)n4)n3)n2)nc1CC.O=[N+]([O-])[O-].O=[N+]([O-])[O-].O=[N+]([O-])[O-].[Dy+3]. The summed E-state index contributed by atoms with van der Waals surface area (Å²) in [7, 11) is 0. The summed E-state index contributed by atoms with van der Waals surface area (Å²) in [6.45, 7) is 9.68. The molecule has 4 aromatic heterocycles. The zero-order chi connectivity index (χ0) is 35.9. The van der Waals surface area contributed by atoms with E-state index in [1.165, 1.54) is 6.92 Å². The van der Waals surface area contributed by atoms with E-state index in [-0.39, 0.29) is 38.2 Å². The molecule has 48 heavy (non-hydrogen) atoms. The van der Waals surface area contributed by atoms with Gasteiger partial charge in [-0.15, -0.1) is 10.2 Å². The molecule has 0 spiro atoms. The molecule has 0 N–H and O–H groups in total. The number of nitrogens with zero attached hydrogens (tertiary/aromatic N) is 12. The Kier molecular flexibility index (Phi) is 23.2. The van der Waals surface area contributed by atoms with Gasteiger partial charge in [-0.05, 0) is 49.9 Å². The quantitative estimate of drug-likeness (QED) is 0.188. The normalized spacial score (nSPS) is 9.00. The summed E-state index contributed by atoms with van der Waals surface area (Å²) in [5.74, 6) is 1.04. The van der Waals surface area contributed by atoms with Gasteiger partial charge in [0.1, 0.15) is 11.4 Å². The van der Waals surface area contributed by atoms with Crippen LogP contribution in [0.5, 0.6) is 0 Å². The second-order valence-electron chi connectivity index (χ2n) is 8.18. The summed E-state index contributed by atoms with van der Waals surface area (Å²) in [6, 6.07) is 13.2. The summed E-state index contributed by atoms with van der Waals surface area (Å²) in [6.07, 6.45) is 3.23. The van der Waals surface area contributed by atoms with Crippen molar-refractivity contribution in [1.82, 2.24) is 40.3 Å². The van der Waals surface area contributed by atoms with E-state index in [1.807, 2.05) is 36.4 Å². The molecule has 4 rings (SSSR count). The van der Waals surface area contributed by atoms with E-state index in [4.69, 9.17) is 61.2 Å². The molecule has 22 heteroatoms. The topological polar surface area (TPSA) is 326 Å². The van der Waals surface area contributed by atoms with Gasteiger partial charge in [0.05, 0.1) is 55.5 Å². The first-order chi connectivity index (χ1) is 22.3. The van der Waals surface area contributed by atoms with Gasteiger partial charge >= 0.3 is 38.2 Å². The van der Waals surface area contributed by atoms with Crippen LogP contribution >= 0.6 is 0 Å². The minimum absolute atomic E-state index is 0. The predicted octanol–water partition coefficient (Wildman–Crippen LogP) is 3.91. The molecule has 0 amide bonds. The molecule has 0 aliphatic heterocycles. The zero-order valence-corrected chi connectivity index (χ0v) is 28.2. The van der Waals surface area contributed by atoms with E-state index >= 15 is 0 Å². The van der Waals surface area contributed by atoms with Crippen LogP contribution in [-0.4, -0.2) is 55.6 Å². The Balaban J connectivity index is 0. The van der Waals surface area contributed by atoms with Gasteiger partial charge in [-0.3, -0.25) is 0 Å². The van der Waals surface area contributed by atoms with Crippen LogP contribution in [0, 0.1) is 95.5 Å². The van der Waals surface area contributed by atoms with Crippen LogP contribution in [0.4, 0.5) is 0 Å². The minimum Gasteiger partial charge on any atom is -0.356 e. The number of aryl methyl sites for hydroxylation is 4. The fourth-order valence-corrected chi connectivity index (χ4v) is 3.50. The van der Waals surface area contributed by atoms with E-state index in [0.29, 0.717) is 23.0 Å². The molecule has 4 aromatic rings. The van der Waals surface area contributed by atoms with Crippen molar-refractivity contribution in [2.24, 2.45) is 0 Å². The molecule has 0 aliphatic rings. The van der Waals surface area contributed by atoms with Crippen molar-refractivity contribution in [3.8, 4) is 40.5 Å². The van der Waals surface area contributed by atoms with Gasteiger partial charge in [0, 0.05) is 6.92 Å². The maximum atomic E-state index is 8.25. The summed E-state index contributed by atoms with van der Waals surface area (Å²) in [4.78, 5) is 43.6. The molecule has 0 aromatic carbocycles. The number of pyridine rings is 2. The van der Waals surface area contributed by atoms with Crippen LogP contribution in [0.3, 0.4) is 0 Å². The molecule has 0 fully saturated rings. The second-order valence-corrected chi connectivity index (χ2v) is 8.18. The fraction of sp³-hybridized carbons (Fsp3) is 0.346. The molecule has 0 unspecified atom stereocenters. The maximum absolute atomic E-state index is 8.25. The third-order valence-corrected chi connectivity index (χ3v) is 5.24. The zero-order valence-electron chi connectivity index (χ0n) is 26.1. The van der Waals surface area contributed by atoms with Crippen LogP contribution in [0.25, 0.3) is 34.4 Å². The standard InChI is InChI=1S/C24H26N8.C2H3N.Dy.3NO3/c1-5-15-17(7-3)29-31-23(27-15)21-13-9-11-19(25-21)20-12-10-14-22(26-20)24-28-16(6-2)18(8-4)30-32-24;1-2-3;;3*2-1(3)4/h9-14H,5-8H2,1-4H3;1H3;;;;/q;;+3;3*-1. The first kappa shape index (κ1) is 44.8. The van der Waals surface area contributed by atoms with Crippen LogP contribution < -0.4 is 0 Å². The first-order valence-corrected chi connectivity index (χ1v) is 13.4. The van der Waals surface area contributed by atoms with Gasteiger partial charge in [-0.1, -0.05) is 39.8 Å². The average molecular weight is 816 g/mol. The molecule has 0 saturated heterocycles. The second kappa shape index (κ2) is 24.9. The van der Waals surface area contributed by atoms with Crippen LogP contribution in [-0.2, 0) is 25.7 Å². The number of rotatable bonds is 7. The largest absolute Gasteiger partial charge is 3.00 e. The number of hydrogen-bond donors (Lipinski definition) is 0. The van der Waals surface area contributed by atoms with E-state index in [9.17, 15) is 0 Å². The van der Waals surface area contributed by atoms with Crippen LogP contribution in [0.2, 0.25) is 0 Å². The van der Waals surface area contributed by atoms with E-state index in [1.54, 1.807) is 6.07 Å². The fourth-order valence-electron chi connectivity index (χ4n) is 3.50. The predicted molar refractivity (Wildman–Crippen MR) is 165 cm³/mol. The minimum atomic E-state index is -1.75. The Labute approximate surface area is 303 Å². The van der Waals surface area contributed by atoms with E-state index < -0.39 is 15.3 Å². The Morgan fingerprint density at radius 1 is 0.542 bits per heavy atom. The first-order valence-electron chi connectivity index (χ1n) is 13.4. The number of hydrogen-bond acceptors (Lipinski definition) is 18. The van der Waals surface area contributed by atoms with Gasteiger partial charge in [-0.2, -0.15) is 15.5 Å². The summed E-state index contributed by atoms with van der Waals surface area (Å²) in [5.41, 5.74) is 6.54. The molecule has 0 aliphatic carbocycles. The van der Waals surface area contributed by atoms with Crippen molar-refractivity contribution in [3.05, 3.63) is 105 Å². The Morgan fingerprint density at radius 2 is 0.792 bits per heavy atom. The summed E-state index contributed by atoms with van der Waals surface area (Å²) in [5, 5.41) is 68.8. The Morgan fingerprint density at radius 3 is 1.04 bits per heavy atom. The molecule has 21 nitrogen and oxygen atoms in total. The number of aromatic nitrogens is 8. The van der Waals surface area contributed by atoms with Crippen LogP contribution in [0.15, 0.2) is 36.4 Å². The van der Waals surface area contributed by atoms with Crippen LogP contribution in [0.1, 0.15) is 57.4 Å². The Bertz CT molecular complexity index is 1520. The number of nitriles is 1. The molecule has 1 radical (unpaired) electrons. The summed E-state index contributed by atoms with van der Waals surface area (Å²) < 4.78 is 0. The third kappa shape index (κ3) is 17.4. The molecule has 257 valence electrons. The van der Waals surface area contributed by atoms with Crippen molar-refractivity contribution in [3.63, 3.8) is 0 Å². The van der Waals surface area contributed by atoms with Gasteiger partial charge in [0.2, 0.25) is 11.6 Å². The van der Waals surface area contributed by atoms with Crippen molar-refractivity contribution >= 4 is 0 Å². The third-order valence-electron chi connectivity index (χ3n) is 5.24. The van der Waals surface area contributed by atoms with Gasteiger partial charge in [0.15, 0.2) is 0 Å². The molecular formula is C26H29DyN12O9. The Hall–Kier alpha value is -5.32. The van der Waals surface area contributed by atoms with Gasteiger partial charge < -0.3 is 46.0 Å². The molecule has 0 saturated carbocycles. The maximum Gasteiger partial charge on any atom is 3.00 e. The van der Waals surface area contributed by atoms with Crippen molar-refractivity contribution < 1.29 is 53.4 Å². The molecule has 0 bridgehead atoms. The van der Waals surface area contributed by atoms with Crippen molar-refractivity contribution in [1.29, 1.82) is 5.26 Å².